The summed E-state index contributed by atoms with van der Waals surface area (Å²) in [6.45, 7) is 0. The van der Waals surface area contributed by atoms with Crippen molar-refractivity contribution in [2.75, 3.05) is 0 Å². The van der Waals surface area contributed by atoms with E-state index < -0.39 is 0 Å². The quantitative estimate of drug-likeness (QED) is 0.807. The zero-order valence-electron chi connectivity index (χ0n) is 8.92. The van der Waals surface area contributed by atoms with Crippen molar-refractivity contribution in [3.8, 4) is 23.9 Å². The lowest BCUT2D eigenvalue weighted by atomic mass is 10.2. The number of imidazole rings is 1. The molecule has 18 heavy (non-hydrogen) atoms. The molecule has 1 heterocycles. The van der Waals surface area contributed by atoms with E-state index in [-0.39, 0.29) is 11.4 Å². The van der Waals surface area contributed by atoms with Gasteiger partial charge in [0.15, 0.2) is 11.4 Å². The highest BCUT2D eigenvalue weighted by Crippen LogP contribution is 2.24. The Labute approximate surface area is 111 Å². The predicted octanol–water partition coefficient (Wildman–Crippen LogP) is 2.25. The van der Waals surface area contributed by atoms with Crippen molar-refractivity contribution in [1.29, 1.82) is 15.8 Å². The van der Waals surface area contributed by atoms with E-state index >= 15 is 0 Å². The predicted molar refractivity (Wildman–Crippen MR) is 65.4 cm³/mol. The van der Waals surface area contributed by atoms with Gasteiger partial charge in [0.2, 0.25) is 0 Å². The average Bonchev–Trinajstić information content (AvgIpc) is 2.80. The first-order valence-corrected chi connectivity index (χ1v) is 5.58. The molecule has 6 heteroatoms. The highest BCUT2D eigenvalue weighted by molar-refractivity contribution is 9.10. The fraction of sp³-hybridized carbons (Fsp3) is 0. The van der Waals surface area contributed by atoms with Gasteiger partial charge < -0.3 is 0 Å². The number of nitriles is 3. The van der Waals surface area contributed by atoms with Gasteiger partial charge in [-0.1, -0.05) is 6.07 Å². The lowest BCUT2D eigenvalue weighted by Crippen LogP contribution is -2.00. The third kappa shape index (κ3) is 1.73. The van der Waals surface area contributed by atoms with Crippen LogP contribution in [0.4, 0.5) is 0 Å². The summed E-state index contributed by atoms with van der Waals surface area (Å²) < 4.78 is 2.06. The molecule has 5 nitrogen and oxygen atoms in total. The molecule has 84 valence electrons. The number of rotatable bonds is 1. The number of hydrogen-bond donors (Lipinski definition) is 0. The number of nitrogens with zero attached hydrogens (tertiary/aromatic N) is 5. The fourth-order valence-corrected chi connectivity index (χ4v) is 1.99. The molecule has 0 aliphatic rings. The molecule has 2 aromatic rings. The highest BCUT2D eigenvalue weighted by atomic mass is 79.9. The van der Waals surface area contributed by atoms with Crippen LogP contribution in [0.1, 0.15) is 17.0 Å². The van der Waals surface area contributed by atoms with Crippen LogP contribution in [0, 0.1) is 34.0 Å². The lowest BCUT2D eigenvalue weighted by Gasteiger charge is -2.07. The van der Waals surface area contributed by atoms with Crippen LogP contribution >= 0.6 is 15.9 Å². The maximum atomic E-state index is 9.13. The second kappa shape index (κ2) is 4.71. The van der Waals surface area contributed by atoms with Gasteiger partial charge in [-0.25, -0.2) is 4.98 Å². The van der Waals surface area contributed by atoms with E-state index in [4.69, 9.17) is 15.8 Å². The molecule has 0 bridgehead atoms. The summed E-state index contributed by atoms with van der Waals surface area (Å²) >= 11 is 3.27. The van der Waals surface area contributed by atoms with E-state index in [0.29, 0.717) is 15.7 Å². The molecule has 0 spiro atoms. The highest BCUT2D eigenvalue weighted by Gasteiger charge is 2.15. The zero-order valence-corrected chi connectivity index (χ0v) is 10.5. The van der Waals surface area contributed by atoms with E-state index in [1.54, 1.807) is 18.2 Å². The molecule has 0 saturated heterocycles. The maximum absolute atomic E-state index is 9.13. The Morgan fingerprint density at radius 3 is 2.50 bits per heavy atom. The smallest absolute Gasteiger partial charge is 0.177 e. The van der Waals surface area contributed by atoms with Gasteiger partial charge in [0.05, 0.1) is 11.3 Å². The molecule has 0 N–H and O–H groups in total. The van der Waals surface area contributed by atoms with Gasteiger partial charge in [-0.15, -0.1) is 0 Å². The summed E-state index contributed by atoms with van der Waals surface area (Å²) in [5, 5.41) is 27.0. The van der Waals surface area contributed by atoms with Crippen LogP contribution in [0.3, 0.4) is 0 Å². The molecule has 0 radical (unpaired) electrons. The fourth-order valence-electron chi connectivity index (χ4n) is 1.54. The molecule has 2 rings (SSSR count). The minimum Gasteiger partial charge on any atom is -0.288 e. The van der Waals surface area contributed by atoms with Crippen LogP contribution in [0.5, 0.6) is 0 Å². The number of aromatic nitrogens is 2. The van der Waals surface area contributed by atoms with Gasteiger partial charge in [0.1, 0.15) is 24.5 Å². The minimum atomic E-state index is 0.0429. The Bertz CT molecular complexity index is 739. The normalized spacial score (nSPS) is 9.22. The van der Waals surface area contributed by atoms with Gasteiger partial charge in [-0.3, -0.25) is 4.57 Å². The van der Waals surface area contributed by atoms with E-state index in [1.165, 1.54) is 10.9 Å². The largest absolute Gasteiger partial charge is 0.288 e. The second-order valence-corrected chi connectivity index (χ2v) is 4.14. The van der Waals surface area contributed by atoms with Gasteiger partial charge in [-0.2, -0.15) is 15.8 Å². The topological polar surface area (TPSA) is 89.2 Å². The molecule has 1 aromatic carbocycles. The lowest BCUT2D eigenvalue weighted by molar-refractivity contribution is 1.03. The Balaban J connectivity index is 2.77. The van der Waals surface area contributed by atoms with Crippen molar-refractivity contribution in [3.05, 3.63) is 46.0 Å². The Hall–Kier alpha value is -2.62. The first-order valence-electron chi connectivity index (χ1n) is 4.79. The van der Waals surface area contributed by atoms with Crippen molar-refractivity contribution in [3.63, 3.8) is 0 Å². The van der Waals surface area contributed by atoms with Gasteiger partial charge >= 0.3 is 0 Å². The molecular weight excluding hydrogens is 294 g/mol. The number of halogens is 1. The summed E-state index contributed by atoms with van der Waals surface area (Å²) in [5.74, 6) is 0. The molecule has 0 unspecified atom stereocenters. The van der Waals surface area contributed by atoms with Crippen LogP contribution in [-0.4, -0.2) is 9.55 Å². The van der Waals surface area contributed by atoms with E-state index in [1.807, 2.05) is 12.1 Å². The maximum Gasteiger partial charge on any atom is 0.177 e. The van der Waals surface area contributed by atoms with Crippen molar-refractivity contribution >= 4 is 15.9 Å². The van der Waals surface area contributed by atoms with E-state index in [0.717, 1.165) is 0 Å². The number of hydrogen-bond acceptors (Lipinski definition) is 4. The monoisotopic (exact) mass is 297 g/mol. The zero-order chi connectivity index (χ0) is 13.1. The van der Waals surface area contributed by atoms with Gasteiger partial charge in [0, 0.05) is 4.47 Å². The minimum absolute atomic E-state index is 0.0429. The standard InChI is InChI=1S/C12H4BrN5/c13-9-2-1-3-11(8(9)4-14)18-7-17-10(5-15)12(18)6-16/h1-3,7H. The van der Waals surface area contributed by atoms with Crippen molar-refractivity contribution in [1.82, 2.24) is 9.55 Å². The third-order valence-electron chi connectivity index (χ3n) is 2.34. The van der Waals surface area contributed by atoms with Gasteiger partial charge in [0.25, 0.3) is 0 Å². The molecular formula is C12H4BrN5. The van der Waals surface area contributed by atoms with Crippen LogP contribution in [0.15, 0.2) is 29.0 Å². The Kier molecular flexibility index (Phi) is 3.10. The number of benzene rings is 1. The molecule has 0 aliphatic carbocycles. The Morgan fingerprint density at radius 1 is 1.11 bits per heavy atom. The van der Waals surface area contributed by atoms with Crippen molar-refractivity contribution < 1.29 is 0 Å². The second-order valence-electron chi connectivity index (χ2n) is 3.28. The Morgan fingerprint density at radius 2 is 1.89 bits per heavy atom. The van der Waals surface area contributed by atoms with Crippen LogP contribution in [0.2, 0.25) is 0 Å². The SMILES string of the molecule is N#Cc1ncn(-c2cccc(Br)c2C#N)c1C#N. The molecule has 1 aromatic heterocycles. The van der Waals surface area contributed by atoms with Crippen molar-refractivity contribution in [2.24, 2.45) is 0 Å². The van der Waals surface area contributed by atoms with Crippen molar-refractivity contribution in [2.45, 2.75) is 0 Å². The summed E-state index contributed by atoms with van der Waals surface area (Å²) in [4.78, 5) is 3.84. The molecule has 0 atom stereocenters. The molecule has 0 saturated carbocycles. The third-order valence-corrected chi connectivity index (χ3v) is 3.00. The van der Waals surface area contributed by atoms with Crippen LogP contribution < -0.4 is 0 Å². The molecule has 0 amide bonds. The molecule has 0 aliphatic heterocycles. The first kappa shape index (κ1) is 11.9. The van der Waals surface area contributed by atoms with Gasteiger partial charge in [-0.05, 0) is 28.1 Å². The van der Waals surface area contributed by atoms with Crippen LogP contribution in [0.25, 0.3) is 5.69 Å². The molecule has 0 fully saturated rings. The van der Waals surface area contributed by atoms with Crippen LogP contribution in [-0.2, 0) is 0 Å². The summed E-state index contributed by atoms with van der Waals surface area (Å²) in [5.41, 5.74) is 1.06. The summed E-state index contributed by atoms with van der Waals surface area (Å²) in [6.07, 6.45) is 1.36. The average molecular weight is 298 g/mol. The van der Waals surface area contributed by atoms with E-state index in [2.05, 4.69) is 27.0 Å². The van der Waals surface area contributed by atoms with E-state index in [9.17, 15) is 0 Å². The first-order chi connectivity index (χ1) is 8.72. The summed E-state index contributed by atoms with van der Waals surface area (Å²) in [6, 6.07) is 11.0. The summed E-state index contributed by atoms with van der Waals surface area (Å²) in [7, 11) is 0.